The second-order valence-corrected chi connectivity index (χ2v) is 8.28. The van der Waals surface area contributed by atoms with Crippen LogP contribution in [-0.2, 0) is 16.5 Å². The molecule has 0 spiro atoms. The van der Waals surface area contributed by atoms with Crippen molar-refractivity contribution in [2.45, 2.75) is 50.8 Å². The highest BCUT2D eigenvalue weighted by atomic mass is 32.2. The number of non-ortho nitro benzene ring substituents is 1. The van der Waals surface area contributed by atoms with Gasteiger partial charge in [-0.15, -0.1) is 0 Å². The first kappa shape index (κ1) is 19.7. The highest BCUT2D eigenvalue weighted by Gasteiger charge is 2.37. The van der Waals surface area contributed by atoms with Gasteiger partial charge in [0, 0.05) is 24.3 Å². The van der Waals surface area contributed by atoms with Gasteiger partial charge in [0.05, 0.1) is 26.2 Å². The second-order valence-electron chi connectivity index (χ2n) is 6.31. The zero-order chi connectivity index (χ0) is 17.8. The number of nitrogens with one attached hydrogen (secondary N) is 1. The van der Waals surface area contributed by atoms with Crippen LogP contribution in [0.25, 0.3) is 0 Å². The molecule has 1 aromatic carbocycles. The Balaban J connectivity index is 3.44. The van der Waals surface area contributed by atoms with Crippen LogP contribution in [0.3, 0.4) is 0 Å². The summed E-state index contributed by atoms with van der Waals surface area (Å²) in [6.45, 7) is 6.77. The molecule has 0 saturated heterocycles. The lowest BCUT2D eigenvalue weighted by Gasteiger charge is -2.36. The van der Waals surface area contributed by atoms with Crippen molar-refractivity contribution >= 4 is 16.7 Å². The molecule has 2 atom stereocenters. The average Bonchev–Trinajstić information content (AvgIpc) is 2.45. The summed E-state index contributed by atoms with van der Waals surface area (Å²) in [5.74, 6) is -0.635. The van der Waals surface area contributed by atoms with Gasteiger partial charge >= 0.3 is 0 Å². The highest BCUT2D eigenvalue weighted by Crippen LogP contribution is 2.34. The maximum Gasteiger partial charge on any atom is 0.269 e. The summed E-state index contributed by atoms with van der Waals surface area (Å²) in [6, 6.07) is 3.25. The molecule has 0 bridgehead atoms. The van der Waals surface area contributed by atoms with Crippen LogP contribution in [0, 0.1) is 15.9 Å². The number of nitro groups is 1. The molecular formula is C15H23FN2O4S. The molecule has 130 valence electrons. The SMILES string of the molecule is CC[C@@](CCO)(N[S@](=O)C(C)(C)C)c1cc([N+](=O)[O-])ccc1F. The van der Waals surface area contributed by atoms with Crippen LogP contribution in [0.4, 0.5) is 10.1 Å². The topological polar surface area (TPSA) is 92.5 Å². The van der Waals surface area contributed by atoms with E-state index in [1.165, 1.54) is 0 Å². The smallest absolute Gasteiger partial charge is 0.269 e. The molecule has 0 aromatic heterocycles. The van der Waals surface area contributed by atoms with E-state index in [9.17, 15) is 23.8 Å². The molecule has 0 amide bonds. The van der Waals surface area contributed by atoms with Crippen LogP contribution >= 0.6 is 0 Å². The third-order valence-electron chi connectivity index (χ3n) is 3.66. The molecule has 0 radical (unpaired) electrons. The number of aliphatic hydroxyl groups is 1. The van der Waals surface area contributed by atoms with Crippen LogP contribution < -0.4 is 4.72 Å². The van der Waals surface area contributed by atoms with Gasteiger partial charge in [0.1, 0.15) is 5.82 Å². The number of nitrogens with zero attached hydrogens (tertiary/aromatic N) is 1. The molecule has 6 nitrogen and oxygen atoms in total. The number of halogens is 1. The molecule has 0 saturated carbocycles. The van der Waals surface area contributed by atoms with Crippen LogP contribution in [0.5, 0.6) is 0 Å². The standard InChI is InChI=1S/C15H23FN2O4S/c1-5-15(8-9-19,17-23(22)14(2,3)4)12-10-11(18(20)21)6-7-13(12)16/h6-7,10,17,19H,5,8-9H2,1-4H3/t15-,23+/m0/s1. The van der Waals surface area contributed by atoms with Crippen molar-refractivity contribution < 1.29 is 18.6 Å². The minimum Gasteiger partial charge on any atom is -0.396 e. The van der Waals surface area contributed by atoms with Gasteiger partial charge in [0.15, 0.2) is 0 Å². The third kappa shape index (κ3) is 4.55. The van der Waals surface area contributed by atoms with E-state index in [-0.39, 0.29) is 24.3 Å². The third-order valence-corrected chi connectivity index (χ3v) is 5.35. The zero-order valence-corrected chi connectivity index (χ0v) is 14.6. The van der Waals surface area contributed by atoms with Gasteiger partial charge in [-0.05, 0) is 39.7 Å². The fourth-order valence-electron chi connectivity index (χ4n) is 2.20. The fourth-order valence-corrected chi connectivity index (χ4v) is 3.21. The Morgan fingerprint density at radius 2 is 2.00 bits per heavy atom. The van der Waals surface area contributed by atoms with E-state index < -0.39 is 32.0 Å². The van der Waals surface area contributed by atoms with Gasteiger partial charge in [-0.25, -0.2) is 13.3 Å². The largest absolute Gasteiger partial charge is 0.396 e. The Morgan fingerprint density at radius 1 is 1.39 bits per heavy atom. The monoisotopic (exact) mass is 346 g/mol. The van der Waals surface area contributed by atoms with E-state index in [1.54, 1.807) is 27.7 Å². The van der Waals surface area contributed by atoms with E-state index >= 15 is 0 Å². The summed E-state index contributed by atoms with van der Waals surface area (Å²) < 4.78 is 29.1. The first-order valence-corrected chi connectivity index (χ1v) is 8.47. The van der Waals surface area contributed by atoms with Gasteiger partial charge < -0.3 is 5.11 Å². The lowest BCUT2D eigenvalue weighted by Crippen LogP contribution is -2.48. The number of hydrogen-bond donors (Lipinski definition) is 2. The molecule has 1 rings (SSSR count). The van der Waals surface area contributed by atoms with Crippen molar-refractivity contribution in [3.63, 3.8) is 0 Å². The van der Waals surface area contributed by atoms with Crippen molar-refractivity contribution in [3.8, 4) is 0 Å². The molecular weight excluding hydrogens is 323 g/mol. The Morgan fingerprint density at radius 3 is 2.43 bits per heavy atom. The van der Waals surface area contributed by atoms with E-state index in [0.29, 0.717) is 6.42 Å². The molecule has 1 aromatic rings. The Bertz CT molecular complexity index is 604. The Kier molecular flexibility index (Phi) is 6.38. The lowest BCUT2D eigenvalue weighted by atomic mass is 9.85. The van der Waals surface area contributed by atoms with E-state index in [4.69, 9.17) is 0 Å². The van der Waals surface area contributed by atoms with Gasteiger partial charge in [-0.1, -0.05) is 6.92 Å². The predicted molar refractivity (Wildman–Crippen MR) is 87.8 cm³/mol. The zero-order valence-electron chi connectivity index (χ0n) is 13.8. The van der Waals surface area contributed by atoms with Crippen LogP contribution in [0.15, 0.2) is 18.2 Å². The fraction of sp³-hybridized carbons (Fsp3) is 0.600. The number of benzene rings is 1. The van der Waals surface area contributed by atoms with Crippen LogP contribution in [-0.4, -0.2) is 25.6 Å². The molecule has 2 N–H and O–H groups in total. The molecule has 0 heterocycles. The Hall–Kier alpha value is -1.38. The summed E-state index contributed by atoms with van der Waals surface area (Å²) in [7, 11) is -1.53. The van der Waals surface area contributed by atoms with Crippen LogP contribution in [0.2, 0.25) is 0 Å². The first-order chi connectivity index (χ1) is 10.6. The predicted octanol–water partition coefficient (Wildman–Crippen LogP) is 2.77. The molecule has 0 aliphatic rings. The van der Waals surface area contributed by atoms with Crippen molar-refractivity contribution in [2.75, 3.05) is 6.61 Å². The number of hydrogen-bond acceptors (Lipinski definition) is 4. The van der Waals surface area contributed by atoms with Crippen molar-refractivity contribution in [1.82, 2.24) is 4.72 Å². The second kappa shape index (κ2) is 7.46. The maximum atomic E-state index is 14.3. The quantitative estimate of drug-likeness (QED) is 0.586. The summed E-state index contributed by atoms with van der Waals surface area (Å²) >= 11 is 0. The van der Waals surface area contributed by atoms with Gasteiger partial charge in [-0.3, -0.25) is 10.1 Å². The van der Waals surface area contributed by atoms with Crippen LogP contribution in [0.1, 0.15) is 46.1 Å². The lowest BCUT2D eigenvalue weighted by molar-refractivity contribution is -0.385. The summed E-state index contributed by atoms with van der Waals surface area (Å²) in [5, 5.41) is 20.4. The molecule has 0 aliphatic heterocycles. The molecule has 0 aliphatic carbocycles. The first-order valence-electron chi connectivity index (χ1n) is 7.32. The minimum atomic E-state index is -1.53. The summed E-state index contributed by atoms with van der Waals surface area (Å²) in [5.41, 5.74) is -1.36. The average molecular weight is 346 g/mol. The summed E-state index contributed by atoms with van der Waals surface area (Å²) in [4.78, 5) is 10.4. The van der Waals surface area contributed by atoms with E-state index in [2.05, 4.69) is 4.72 Å². The maximum absolute atomic E-state index is 14.3. The van der Waals surface area contributed by atoms with Gasteiger partial charge in [-0.2, -0.15) is 0 Å². The molecule has 0 fully saturated rings. The Labute approximate surface area is 137 Å². The van der Waals surface area contributed by atoms with Gasteiger partial charge in [0.25, 0.3) is 5.69 Å². The van der Waals surface area contributed by atoms with Crippen molar-refractivity contribution in [2.24, 2.45) is 0 Å². The van der Waals surface area contributed by atoms with Crippen molar-refractivity contribution in [1.29, 1.82) is 0 Å². The van der Waals surface area contributed by atoms with Gasteiger partial charge in [0.2, 0.25) is 0 Å². The number of nitro benzene ring substituents is 1. The molecule has 0 unspecified atom stereocenters. The minimum absolute atomic E-state index is 0.0425. The molecule has 23 heavy (non-hydrogen) atoms. The van der Waals surface area contributed by atoms with E-state index in [1.807, 2.05) is 0 Å². The number of rotatable bonds is 7. The summed E-state index contributed by atoms with van der Waals surface area (Å²) in [6.07, 6.45) is 0.400. The number of aliphatic hydroxyl groups excluding tert-OH is 1. The highest BCUT2D eigenvalue weighted by molar-refractivity contribution is 7.84. The van der Waals surface area contributed by atoms with Crippen molar-refractivity contribution in [3.05, 3.63) is 39.7 Å². The molecule has 8 heteroatoms. The normalized spacial score (nSPS) is 15.9. The van der Waals surface area contributed by atoms with E-state index in [0.717, 1.165) is 18.2 Å².